The van der Waals surface area contributed by atoms with Crippen LogP contribution < -0.4 is 0 Å². The van der Waals surface area contributed by atoms with Gasteiger partial charge in [-0.25, -0.2) is 4.39 Å². The quantitative estimate of drug-likeness (QED) is 0.814. The Balaban J connectivity index is 1.95. The van der Waals surface area contributed by atoms with E-state index in [0.29, 0.717) is 24.8 Å². The van der Waals surface area contributed by atoms with Crippen LogP contribution in [0.15, 0.2) is 28.8 Å². The normalized spacial score (nSPS) is 11.1. The fourth-order valence-electron chi connectivity index (χ4n) is 1.65. The van der Waals surface area contributed by atoms with E-state index in [9.17, 15) is 4.39 Å². The van der Waals surface area contributed by atoms with Crippen molar-refractivity contribution in [3.63, 3.8) is 0 Å². The van der Waals surface area contributed by atoms with E-state index in [1.165, 1.54) is 12.1 Å². The first kappa shape index (κ1) is 11.7. The number of aromatic nitrogens is 2. The Kier molecular flexibility index (Phi) is 3.49. The minimum atomic E-state index is -0.216. The van der Waals surface area contributed by atoms with Gasteiger partial charge in [-0.3, -0.25) is 4.90 Å². The third-order valence-electron chi connectivity index (χ3n) is 2.32. The first-order valence-corrected chi connectivity index (χ1v) is 5.35. The lowest BCUT2D eigenvalue weighted by atomic mass is 10.2. The molecule has 0 amide bonds. The second-order valence-electron chi connectivity index (χ2n) is 4.03. The molecule has 0 fully saturated rings. The first-order chi connectivity index (χ1) is 8.13. The van der Waals surface area contributed by atoms with E-state index in [0.717, 1.165) is 5.56 Å². The van der Waals surface area contributed by atoms with Crippen molar-refractivity contribution in [1.29, 1.82) is 0 Å². The molecule has 0 aliphatic heterocycles. The van der Waals surface area contributed by atoms with Crippen molar-refractivity contribution in [3.8, 4) is 0 Å². The summed E-state index contributed by atoms with van der Waals surface area (Å²) in [6.45, 7) is 2.97. The van der Waals surface area contributed by atoms with Gasteiger partial charge in [0.05, 0.1) is 6.54 Å². The van der Waals surface area contributed by atoms with Gasteiger partial charge < -0.3 is 4.52 Å². The lowest BCUT2D eigenvalue weighted by Crippen LogP contribution is -2.18. The van der Waals surface area contributed by atoms with Crippen LogP contribution in [0.1, 0.15) is 17.3 Å². The van der Waals surface area contributed by atoms with Gasteiger partial charge >= 0.3 is 0 Å². The molecule has 1 aromatic heterocycles. The van der Waals surface area contributed by atoms with Crippen LogP contribution in [0, 0.1) is 12.7 Å². The molecule has 2 rings (SSSR count). The highest BCUT2D eigenvalue weighted by Gasteiger charge is 2.07. The van der Waals surface area contributed by atoms with Gasteiger partial charge in [-0.1, -0.05) is 17.3 Å². The van der Waals surface area contributed by atoms with Crippen molar-refractivity contribution in [1.82, 2.24) is 15.0 Å². The van der Waals surface area contributed by atoms with Crippen LogP contribution in [-0.4, -0.2) is 22.1 Å². The number of nitrogens with zero attached hydrogens (tertiary/aromatic N) is 3. The van der Waals surface area contributed by atoms with Crippen molar-refractivity contribution in [3.05, 3.63) is 47.4 Å². The summed E-state index contributed by atoms with van der Waals surface area (Å²) in [5.74, 6) is 0.979. The molecule has 0 unspecified atom stereocenters. The summed E-state index contributed by atoms with van der Waals surface area (Å²) in [6, 6.07) is 6.56. The molecule has 2 aromatic rings. The largest absolute Gasteiger partial charge is 0.340 e. The zero-order valence-corrected chi connectivity index (χ0v) is 9.85. The highest BCUT2D eigenvalue weighted by atomic mass is 19.1. The number of rotatable bonds is 4. The molecule has 4 nitrogen and oxygen atoms in total. The molecule has 0 atom stereocenters. The molecule has 90 valence electrons. The minimum absolute atomic E-state index is 0.216. The Morgan fingerprint density at radius 3 is 2.82 bits per heavy atom. The number of halogens is 1. The standard InChI is InChI=1S/C12H14FN3O/c1-9-14-12(15-17-9)8-16(2)7-10-4-3-5-11(13)6-10/h3-6H,7-8H2,1-2H3. The summed E-state index contributed by atoms with van der Waals surface area (Å²) >= 11 is 0. The number of hydrogen-bond donors (Lipinski definition) is 0. The maximum absolute atomic E-state index is 13.0. The van der Waals surface area contributed by atoms with E-state index in [1.807, 2.05) is 18.0 Å². The van der Waals surface area contributed by atoms with Crippen LogP contribution in [0.25, 0.3) is 0 Å². The molecule has 0 spiro atoms. The molecule has 0 saturated heterocycles. The van der Waals surface area contributed by atoms with Gasteiger partial charge in [-0.2, -0.15) is 4.98 Å². The van der Waals surface area contributed by atoms with Gasteiger partial charge in [-0.15, -0.1) is 0 Å². The Morgan fingerprint density at radius 1 is 1.35 bits per heavy atom. The first-order valence-electron chi connectivity index (χ1n) is 5.35. The Hall–Kier alpha value is -1.75. The molecule has 1 heterocycles. The van der Waals surface area contributed by atoms with Gasteiger partial charge in [0.1, 0.15) is 5.82 Å². The van der Waals surface area contributed by atoms with Crippen LogP contribution in [0.3, 0.4) is 0 Å². The third-order valence-corrected chi connectivity index (χ3v) is 2.32. The summed E-state index contributed by atoms with van der Waals surface area (Å²) in [7, 11) is 1.93. The molecule has 1 aromatic carbocycles. The lowest BCUT2D eigenvalue weighted by Gasteiger charge is -2.14. The zero-order valence-electron chi connectivity index (χ0n) is 9.85. The van der Waals surface area contributed by atoms with E-state index in [1.54, 1.807) is 13.0 Å². The molecular formula is C12H14FN3O. The highest BCUT2D eigenvalue weighted by Crippen LogP contribution is 2.08. The highest BCUT2D eigenvalue weighted by molar-refractivity contribution is 5.16. The van der Waals surface area contributed by atoms with Crippen LogP contribution >= 0.6 is 0 Å². The predicted octanol–water partition coefficient (Wildman–Crippen LogP) is 2.15. The van der Waals surface area contributed by atoms with E-state index in [-0.39, 0.29) is 5.82 Å². The topological polar surface area (TPSA) is 42.2 Å². The second-order valence-corrected chi connectivity index (χ2v) is 4.03. The smallest absolute Gasteiger partial charge is 0.223 e. The molecule has 5 heteroatoms. The van der Waals surface area contributed by atoms with Crippen molar-refractivity contribution < 1.29 is 8.91 Å². The van der Waals surface area contributed by atoms with Crippen molar-refractivity contribution in [2.24, 2.45) is 0 Å². The summed E-state index contributed by atoms with van der Waals surface area (Å²) in [5, 5.41) is 3.81. The summed E-state index contributed by atoms with van der Waals surface area (Å²) in [6.07, 6.45) is 0. The Bertz CT molecular complexity index is 498. The van der Waals surface area contributed by atoms with E-state index >= 15 is 0 Å². The van der Waals surface area contributed by atoms with E-state index < -0.39 is 0 Å². The average molecular weight is 235 g/mol. The molecule has 0 radical (unpaired) electrons. The minimum Gasteiger partial charge on any atom is -0.340 e. The fourth-order valence-corrected chi connectivity index (χ4v) is 1.65. The van der Waals surface area contributed by atoms with Crippen molar-refractivity contribution in [2.75, 3.05) is 7.05 Å². The molecule has 0 aliphatic rings. The van der Waals surface area contributed by atoms with Crippen molar-refractivity contribution in [2.45, 2.75) is 20.0 Å². The van der Waals surface area contributed by atoms with Gasteiger partial charge in [0, 0.05) is 13.5 Å². The molecule has 0 bridgehead atoms. The summed E-state index contributed by atoms with van der Waals surface area (Å²) in [5.41, 5.74) is 0.924. The number of hydrogen-bond acceptors (Lipinski definition) is 4. The van der Waals surface area contributed by atoms with Crippen LogP contribution in [0.4, 0.5) is 4.39 Å². The molecule has 0 N–H and O–H groups in total. The number of aryl methyl sites for hydroxylation is 1. The van der Waals surface area contributed by atoms with Gasteiger partial charge in [0.2, 0.25) is 5.89 Å². The van der Waals surface area contributed by atoms with Gasteiger partial charge in [-0.05, 0) is 24.7 Å². The van der Waals surface area contributed by atoms with Crippen molar-refractivity contribution >= 4 is 0 Å². The van der Waals surface area contributed by atoms with E-state index in [4.69, 9.17) is 4.52 Å². The van der Waals surface area contributed by atoms with Crippen LogP contribution in [-0.2, 0) is 13.1 Å². The second kappa shape index (κ2) is 5.05. The SMILES string of the molecule is Cc1nc(CN(C)Cc2cccc(F)c2)no1. The lowest BCUT2D eigenvalue weighted by molar-refractivity contribution is 0.300. The fraction of sp³-hybridized carbons (Fsp3) is 0.333. The van der Waals surface area contributed by atoms with Gasteiger partial charge in [0.15, 0.2) is 5.82 Å². The maximum atomic E-state index is 13.0. The zero-order chi connectivity index (χ0) is 12.3. The van der Waals surface area contributed by atoms with Gasteiger partial charge in [0.25, 0.3) is 0 Å². The Labute approximate surface area is 99.1 Å². The summed E-state index contributed by atoms with van der Waals surface area (Å²) < 4.78 is 17.9. The Morgan fingerprint density at radius 2 is 2.18 bits per heavy atom. The molecule has 0 saturated carbocycles. The molecular weight excluding hydrogens is 221 g/mol. The molecule has 0 aliphatic carbocycles. The third kappa shape index (κ3) is 3.35. The average Bonchev–Trinajstić information content (AvgIpc) is 2.63. The number of benzene rings is 1. The predicted molar refractivity (Wildman–Crippen MR) is 60.6 cm³/mol. The monoisotopic (exact) mass is 235 g/mol. The maximum Gasteiger partial charge on any atom is 0.223 e. The van der Waals surface area contributed by atoms with Crippen LogP contribution in [0.2, 0.25) is 0 Å². The molecule has 17 heavy (non-hydrogen) atoms. The summed E-state index contributed by atoms with van der Waals surface area (Å²) in [4.78, 5) is 6.12. The van der Waals surface area contributed by atoms with Crippen LogP contribution in [0.5, 0.6) is 0 Å². The van der Waals surface area contributed by atoms with E-state index in [2.05, 4.69) is 10.1 Å².